The van der Waals surface area contributed by atoms with Gasteiger partial charge in [0.2, 0.25) is 5.95 Å². The van der Waals surface area contributed by atoms with Crippen LogP contribution in [0.2, 0.25) is 0 Å². The lowest BCUT2D eigenvalue weighted by atomic mass is 10.2. The summed E-state index contributed by atoms with van der Waals surface area (Å²) in [6.07, 6.45) is 1.89. The molecule has 0 aliphatic carbocycles. The fourth-order valence-corrected chi connectivity index (χ4v) is 2.50. The highest BCUT2D eigenvalue weighted by molar-refractivity contribution is 9.10. The van der Waals surface area contributed by atoms with Crippen LogP contribution in [0.15, 0.2) is 28.9 Å². The number of aromatic nitrogens is 2. The van der Waals surface area contributed by atoms with Crippen LogP contribution < -0.4 is 10.2 Å². The number of nitrogens with zero attached hydrogens (tertiary/aromatic N) is 3. The summed E-state index contributed by atoms with van der Waals surface area (Å²) in [6.45, 7) is 3.93. The minimum Gasteiger partial charge on any atom is -0.338 e. The molecule has 1 N–H and O–H groups in total. The molecule has 1 aliphatic heterocycles. The largest absolute Gasteiger partial charge is 0.338 e. The van der Waals surface area contributed by atoms with Crippen molar-refractivity contribution in [2.24, 2.45) is 0 Å². The smallest absolute Gasteiger partial charge is 0.226 e. The number of para-hydroxylation sites is 1. The van der Waals surface area contributed by atoms with Gasteiger partial charge in [-0.05, 0) is 22.0 Å². The van der Waals surface area contributed by atoms with Crippen molar-refractivity contribution in [3.8, 4) is 0 Å². The van der Waals surface area contributed by atoms with Gasteiger partial charge in [0.05, 0.1) is 5.52 Å². The first-order valence-corrected chi connectivity index (χ1v) is 6.51. The van der Waals surface area contributed by atoms with Gasteiger partial charge in [0.25, 0.3) is 0 Å². The van der Waals surface area contributed by atoms with Crippen LogP contribution in [0.4, 0.5) is 5.95 Å². The van der Waals surface area contributed by atoms with Crippen molar-refractivity contribution in [1.29, 1.82) is 0 Å². The highest BCUT2D eigenvalue weighted by Crippen LogP contribution is 2.23. The maximum absolute atomic E-state index is 4.64. The van der Waals surface area contributed by atoms with E-state index >= 15 is 0 Å². The van der Waals surface area contributed by atoms with Gasteiger partial charge in [-0.3, -0.25) is 0 Å². The Kier molecular flexibility index (Phi) is 2.94. The first kappa shape index (κ1) is 10.9. The van der Waals surface area contributed by atoms with Gasteiger partial charge in [0.15, 0.2) is 0 Å². The molecule has 5 heteroatoms. The summed E-state index contributed by atoms with van der Waals surface area (Å²) in [5.74, 6) is 0.825. The molecule has 1 fully saturated rings. The second-order valence-corrected chi connectivity index (χ2v) is 4.94. The molecule has 2 heterocycles. The molecule has 1 aromatic heterocycles. The molecular weight excluding hydrogens is 280 g/mol. The molecule has 1 aliphatic rings. The standard InChI is InChI=1S/C12H13BrN4/c13-10-3-1-2-9-8-15-12(16-11(9)10)17-6-4-14-5-7-17/h1-3,8,14H,4-7H2. The van der Waals surface area contributed by atoms with E-state index in [0.717, 1.165) is 47.5 Å². The van der Waals surface area contributed by atoms with Crippen molar-refractivity contribution < 1.29 is 0 Å². The van der Waals surface area contributed by atoms with Crippen molar-refractivity contribution in [2.75, 3.05) is 31.1 Å². The van der Waals surface area contributed by atoms with Crippen molar-refractivity contribution >= 4 is 32.8 Å². The number of fused-ring (bicyclic) bond motifs is 1. The third-order valence-electron chi connectivity index (χ3n) is 2.95. The third kappa shape index (κ3) is 2.12. The molecular formula is C12H13BrN4. The van der Waals surface area contributed by atoms with Crippen LogP contribution in [0, 0.1) is 0 Å². The van der Waals surface area contributed by atoms with E-state index in [-0.39, 0.29) is 0 Å². The maximum atomic E-state index is 4.64. The maximum Gasteiger partial charge on any atom is 0.226 e. The molecule has 0 unspecified atom stereocenters. The lowest BCUT2D eigenvalue weighted by Gasteiger charge is -2.27. The quantitative estimate of drug-likeness (QED) is 0.870. The molecule has 1 aromatic carbocycles. The van der Waals surface area contributed by atoms with Gasteiger partial charge >= 0.3 is 0 Å². The Labute approximate surface area is 108 Å². The van der Waals surface area contributed by atoms with E-state index in [1.807, 2.05) is 24.4 Å². The molecule has 0 spiro atoms. The zero-order valence-electron chi connectivity index (χ0n) is 9.36. The summed E-state index contributed by atoms with van der Waals surface area (Å²) in [5, 5.41) is 4.39. The number of benzene rings is 1. The number of anilines is 1. The summed E-state index contributed by atoms with van der Waals surface area (Å²) in [7, 11) is 0. The van der Waals surface area contributed by atoms with E-state index in [2.05, 4.69) is 36.1 Å². The predicted octanol–water partition coefficient (Wildman–Crippen LogP) is 1.80. The molecule has 3 rings (SSSR count). The van der Waals surface area contributed by atoms with Crippen molar-refractivity contribution in [2.45, 2.75) is 0 Å². The first-order valence-electron chi connectivity index (χ1n) is 5.71. The van der Waals surface area contributed by atoms with Crippen LogP contribution >= 0.6 is 15.9 Å². The molecule has 88 valence electrons. The van der Waals surface area contributed by atoms with Gasteiger partial charge in [-0.1, -0.05) is 12.1 Å². The van der Waals surface area contributed by atoms with Gasteiger partial charge in [-0.15, -0.1) is 0 Å². The van der Waals surface area contributed by atoms with Crippen LogP contribution in [0.3, 0.4) is 0 Å². The molecule has 0 radical (unpaired) electrons. The Morgan fingerprint density at radius 2 is 2.06 bits per heavy atom. The van der Waals surface area contributed by atoms with E-state index in [1.165, 1.54) is 0 Å². The Morgan fingerprint density at radius 3 is 2.88 bits per heavy atom. The molecule has 0 saturated carbocycles. The van der Waals surface area contributed by atoms with Gasteiger partial charge in [0, 0.05) is 42.2 Å². The lowest BCUT2D eigenvalue weighted by Crippen LogP contribution is -2.44. The Bertz CT molecular complexity index is 537. The molecule has 2 aromatic rings. The van der Waals surface area contributed by atoms with Crippen LogP contribution in [0.25, 0.3) is 10.9 Å². The number of rotatable bonds is 1. The molecule has 0 amide bonds. The van der Waals surface area contributed by atoms with E-state index < -0.39 is 0 Å². The Morgan fingerprint density at radius 1 is 1.24 bits per heavy atom. The number of nitrogens with one attached hydrogen (secondary N) is 1. The van der Waals surface area contributed by atoms with Crippen LogP contribution in [0.1, 0.15) is 0 Å². The summed E-state index contributed by atoms with van der Waals surface area (Å²) in [5.41, 5.74) is 0.982. The van der Waals surface area contributed by atoms with E-state index in [1.54, 1.807) is 0 Å². The summed E-state index contributed by atoms with van der Waals surface area (Å²) < 4.78 is 1.02. The Hall–Kier alpha value is -1.20. The van der Waals surface area contributed by atoms with E-state index in [0.29, 0.717) is 0 Å². The lowest BCUT2D eigenvalue weighted by molar-refractivity contribution is 0.580. The van der Waals surface area contributed by atoms with Crippen molar-refractivity contribution in [3.05, 3.63) is 28.9 Å². The molecule has 0 atom stereocenters. The van der Waals surface area contributed by atoms with Crippen molar-refractivity contribution in [3.63, 3.8) is 0 Å². The predicted molar refractivity (Wildman–Crippen MR) is 72.3 cm³/mol. The molecule has 1 saturated heterocycles. The number of piperazine rings is 1. The second-order valence-electron chi connectivity index (χ2n) is 4.08. The van der Waals surface area contributed by atoms with Crippen LogP contribution in [-0.2, 0) is 0 Å². The van der Waals surface area contributed by atoms with Gasteiger partial charge in [0.1, 0.15) is 0 Å². The zero-order valence-corrected chi connectivity index (χ0v) is 10.9. The highest BCUT2D eigenvalue weighted by atomic mass is 79.9. The zero-order chi connectivity index (χ0) is 11.7. The second kappa shape index (κ2) is 4.58. The topological polar surface area (TPSA) is 41.1 Å². The van der Waals surface area contributed by atoms with E-state index in [9.17, 15) is 0 Å². The highest BCUT2D eigenvalue weighted by Gasteiger charge is 2.13. The van der Waals surface area contributed by atoms with Gasteiger partial charge in [-0.2, -0.15) is 0 Å². The first-order chi connectivity index (χ1) is 8.34. The van der Waals surface area contributed by atoms with Gasteiger partial charge < -0.3 is 10.2 Å². The van der Waals surface area contributed by atoms with E-state index in [4.69, 9.17) is 0 Å². The molecule has 0 bridgehead atoms. The SMILES string of the molecule is Brc1cccc2cnc(N3CCNCC3)nc12. The fraction of sp³-hybridized carbons (Fsp3) is 0.333. The Balaban J connectivity index is 2.03. The molecule has 17 heavy (non-hydrogen) atoms. The summed E-state index contributed by atoms with van der Waals surface area (Å²) in [6, 6.07) is 6.04. The third-order valence-corrected chi connectivity index (χ3v) is 3.59. The van der Waals surface area contributed by atoms with Crippen LogP contribution in [-0.4, -0.2) is 36.1 Å². The number of halogens is 1. The summed E-state index contributed by atoms with van der Waals surface area (Å²) in [4.78, 5) is 11.3. The average molecular weight is 293 g/mol. The van der Waals surface area contributed by atoms with Crippen molar-refractivity contribution in [1.82, 2.24) is 15.3 Å². The monoisotopic (exact) mass is 292 g/mol. The average Bonchev–Trinajstić information content (AvgIpc) is 2.40. The van der Waals surface area contributed by atoms with Crippen LogP contribution in [0.5, 0.6) is 0 Å². The van der Waals surface area contributed by atoms with Gasteiger partial charge in [-0.25, -0.2) is 9.97 Å². The molecule has 4 nitrogen and oxygen atoms in total. The fourth-order valence-electron chi connectivity index (χ4n) is 2.03. The normalized spacial score (nSPS) is 16.4. The summed E-state index contributed by atoms with van der Waals surface area (Å²) >= 11 is 3.53. The minimum atomic E-state index is 0.825. The minimum absolute atomic E-state index is 0.825. The number of hydrogen-bond acceptors (Lipinski definition) is 4. The number of hydrogen-bond donors (Lipinski definition) is 1.